The molecule has 4 nitrogen and oxygen atoms in total. The molecule has 0 saturated carbocycles. The molecule has 2 rings (SSSR count). The molecule has 1 heterocycles. The lowest BCUT2D eigenvalue weighted by Crippen LogP contribution is -2.16. The van der Waals surface area contributed by atoms with E-state index < -0.39 is 0 Å². The van der Waals surface area contributed by atoms with Crippen molar-refractivity contribution >= 4 is 6.29 Å². The third-order valence-corrected chi connectivity index (χ3v) is 2.75. The zero-order chi connectivity index (χ0) is 11.5. The monoisotopic (exact) mass is 222 g/mol. The highest BCUT2D eigenvalue weighted by Gasteiger charge is 2.26. The van der Waals surface area contributed by atoms with Crippen LogP contribution in [-0.4, -0.2) is 27.1 Å². The fourth-order valence-corrected chi connectivity index (χ4v) is 1.92. The molecule has 0 spiro atoms. The van der Waals surface area contributed by atoms with Gasteiger partial charge in [0.1, 0.15) is 23.5 Å². The van der Waals surface area contributed by atoms with Crippen molar-refractivity contribution in [3.8, 4) is 17.2 Å². The molecular formula is C12H14O4. The Balaban J connectivity index is 2.54. The Morgan fingerprint density at radius 2 is 2.19 bits per heavy atom. The highest BCUT2D eigenvalue weighted by molar-refractivity contribution is 5.69. The first-order valence-electron chi connectivity index (χ1n) is 5.14. The molecule has 86 valence electrons. The second-order valence-corrected chi connectivity index (χ2v) is 3.62. The minimum Gasteiger partial charge on any atom is -0.496 e. The van der Waals surface area contributed by atoms with Crippen LogP contribution in [-0.2, 0) is 4.79 Å². The van der Waals surface area contributed by atoms with E-state index in [2.05, 4.69) is 0 Å². The Morgan fingerprint density at radius 3 is 2.81 bits per heavy atom. The lowest BCUT2D eigenvalue weighted by molar-refractivity contribution is -0.109. The number of rotatable bonds is 3. The first kappa shape index (κ1) is 10.8. The van der Waals surface area contributed by atoms with Crippen molar-refractivity contribution in [3.63, 3.8) is 0 Å². The number of ether oxygens (including phenoxy) is 3. The van der Waals surface area contributed by atoms with Gasteiger partial charge in [-0.2, -0.15) is 0 Å². The number of fused-ring (bicyclic) bond motifs is 1. The molecular weight excluding hydrogens is 208 g/mol. The van der Waals surface area contributed by atoms with Crippen molar-refractivity contribution in [2.75, 3.05) is 20.8 Å². The van der Waals surface area contributed by atoms with E-state index in [0.29, 0.717) is 30.3 Å². The number of methoxy groups -OCH3 is 2. The van der Waals surface area contributed by atoms with Gasteiger partial charge >= 0.3 is 0 Å². The largest absolute Gasteiger partial charge is 0.496 e. The normalized spacial score (nSPS) is 18.2. The molecule has 0 saturated heterocycles. The molecule has 0 radical (unpaired) electrons. The summed E-state index contributed by atoms with van der Waals surface area (Å²) in [7, 11) is 3.16. The van der Waals surface area contributed by atoms with E-state index in [0.717, 1.165) is 11.8 Å². The number of hydrogen-bond donors (Lipinski definition) is 0. The molecule has 0 fully saturated rings. The Kier molecular flexibility index (Phi) is 2.99. The summed E-state index contributed by atoms with van der Waals surface area (Å²) >= 11 is 0. The molecule has 1 aromatic rings. The molecule has 0 bridgehead atoms. The van der Waals surface area contributed by atoms with E-state index in [4.69, 9.17) is 14.2 Å². The highest BCUT2D eigenvalue weighted by Crippen LogP contribution is 2.42. The summed E-state index contributed by atoms with van der Waals surface area (Å²) < 4.78 is 15.9. The summed E-state index contributed by atoms with van der Waals surface area (Å²) in [5.41, 5.74) is 0.824. The Labute approximate surface area is 94.1 Å². The summed E-state index contributed by atoms with van der Waals surface area (Å²) in [4.78, 5) is 11.0. The van der Waals surface area contributed by atoms with Crippen LogP contribution in [0.15, 0.2) is 12.1 Å². The second-order valence-electron chi connectivity index (χ2n) is 3.62. The van der Waals surface area contributed by atoms with Gasteiger partial charge in [-0.3, -0.25) is 0 Å². The van der Waals surface area contributed by atoms with Crippen LogP contribution in [0.25, 0.3) is 0 Å². The molecule has 16 heavy (non-hydrogen) atoms. The van der Waals surface area contributed by atoms with E-state index in [-0.39, 0.29) is 5.92 Å². The van der Waals surface area contributed by atoms with Gasteiger partial charge in [0.2, 0.25) is 0 Å². The van der Waals surface area contributed by atoms with E-state index >= 15 is 0 Å². The molecule has 0 aliphatic carbocycles. The van der Waals surface area contributed by atoms with E-state index in [9.17, 15) is 4.79 Å². The van der Waals surface area contributed by atoms with E-state index in [1.807, 2.05) is 0 Å². The molecule has 1 aliphatic heterocycles. The van der Waals surface area contributed by atoms with Gasteiger partial charge < -0.3 is 19.0 Å². The lowest BCUT2D eigenvalue weighted by Gasteiger charge is -2.24. The topological polar surface area (TPSA) is 44.8 Å². The SMILES string of the molecule is COc1cc(OC)c2c(c1)OCCC2C=O. The fourth-order valence-electron chi connectivity index (χ4n) is 1.92. The van der Waals surface area contributed by atoms with Crippen LogP contribution in [0.5, 0.6) is 17.2 Å². The van der Waals surface area contributed by atoms with Gasteiger partial charge in [-0.05, 0) is 6.42 Å². The molecule has 4 heteroatoms. The Bertz CT molecular complexity index is 383. The van der Waals surface area contributed by atoms with Crippen molar-refractivity contribution in [2.24, 2.45) is 0 Å². The van der Waals surface area contributed by atoms with Gasteiger partial charge in [-0.1, -0.05) is 0 Å². The zero-order valence-corrected chi connectivity index (χ0v) is 9.36. The number of carbonyl (C=O) groups excluding carboxylic acids is 1. The third-order valence-electron chi connectivity index (χ3n) is 2.75. The molecule has 0 N–H and O–H groups in total. The molecule has 1 aliphatic rings. The standard InChI is InChI=1S/C12H14O4/c1-14-9-5-10(15-2)12-8(7-13)3-4-16-11(12)6-9/h5-8H,3-4H2,1-2H3. The maximum Gasteiger partial charge on any atom is 0.130 e. The van der Waals surface area contributed by atoms with Crippen molar-refractivity contribution in [2.45, 2.75) is 12.3 Å². The number of aldehydes is 1. The highest BCUT2D eigenvalue weighted by atomic mass is 16.5. The first-order valence-corrected chi connectivity index (χ1v) is 5.14. The average Bonchev–Trinajstić information content (AvgIpc) is 2.36. The Morgan fingerprint density at radius 1 is 1.38 bits per heavy atom. The van der Waals surface area contributed by atoms with Crippen LogP contribution in [0.3, 0.4) is 0 Å². The van der Waals surface area contributed by atoms with Crippen LogP contribution in [0.4, 0.5) is 0 Å². The first-order chi connectivity index (χ1) is 7.80. The Hall–Kier alpha value is -1.71. The van der Waals surface area contributed by atoms with Gasteiger partial charge in [-0.25, -0.2) is 0 Å². The molecule has 1 unspecified atom stereocenters. The summed E-state index contributed by atoms with van der Waals surface area (Å²) in [5.74, 6) is 1.84. The summed E-state index contributed by atoms with van der Waals surface area (Å²) in [6.07, 6.45) is 1.63. The molecule has 0 amide bonds. The zero-order valence-electron chi connectivity index (χ0n) is 9.36. The van der Waals surface area contributed by atoms with Crippen LogP contribution in [0.2, 0.25) is 0 Å². The third kappa shape index (κ3) is 1.71. The van der Waals surface area contributed by atoms with E-state index in [1.165, 1.54) is 0 Å². The summed E-state index contributed by atoms with van der Waals surface area (Å²) in [6.45, 7) is 0.548. The molecule has 1 aromatic carbocycles. The van der Waals surface area contributed by atoms with E-state index in [1.54, 1.807) is 26.4 Å². The predicted octanol–water partition coefficient (Wildman–Crippen LogP) is 1.77. The minimum absolute atomic E-state index is 0.149. The van der Waals surface area contributed by atoms with Crippen molar-refractivity contribution in [1.82, 2.24) is 0 Å². The molecule has 0 aromatic heterocycles. The number of benzene rings is 1. The van der Waals surface area contributed by atoms with Crippen LogP contribution < -0.4 is 14.2 Å². The maximum atomic E-state index is 11.0. The summed E-state index contributed by atoms with van der Waals surface area (Å²) in [6, 6.07) is 3.55. The maximum absolute atomic E-state index is 11.0. The number of hydrogen-bond acceptors (Lipinski definition) is 4. The van der Waals surface area contributed by atoms with Gasteiger partial charge in [0.05, 0.1) is 26.7 Å². The van der Waals surface area contributed by atoms with Crippen molar-refractivity contribution in [1.29, 1.82) is 0 Å². The average molecular weight is 222 g/mol. The smallest absolute Gasteiger partial charge is 0.130 e. The van der Waals surface area contributed by atoms with Gasteiger partial charge in [0, 0.05) is 17.7 Å². The van der Waals surface area contributed by atoms with Gasteiger partial charge in [0.15, 0.2) is 0 Å². The van der Waals surface area contributed by atoms with Crippen molar-refractivity contribution in [3.05, 3.63) is 17.7 Å². The van der Waals surface area contributed by atoms with Crippen LogP contribution in [0, 0.1) is 0 Å². The second kappa shape index (κ2) is 4.43. The fraction of sp³-hybridized carbons (Fsp3) is 0.417. The van der Waals surface area contributed by atoms with Crippen molar-refractivity contribution < 1.29 is 19.0 Å². The van der Waals surface area contributed by atoms with Gasteiger partial charge in [-0.15, -0.1) is 0 Å². The van der Waals surface area contributed by atoms with Crippen LogP contribution in [0.1, 0.15) is 17.9 Å². The van der Waals surface area contributed by atoms with Crippen LogP contribution >= 0.6 is 0 Å². The predicted molar refractivity (Wildman–Crippen MR) is 58.5 cm³/mol. The molecule has 1 atom stereocenters. The summed E-state index contributed by atoms with van der Waals surface area (Å²) in [5, 5.41) is 0. The van der Waals surface area contributed by atoms with Gasteiger partial charge in [0.25, 0.3) is 0 Å². The number of carbonyl (C=O) groups is 1. The minimum atomic E-state index is -0.149. The quantitative estimate of drug-likeness (QED) is 0.731. The lowest BCUT2D eigenvalue weighted by atomic mass is 9.93.